The lowest BCUT2D eigenvalue weighted by atomic mass is 10.3. The van der Waals surface area contributed by atoms with E-state index in [0.29, 0.717) is 0 Å². The van der Waals surface area contributed by atoms with Crippen molar-refractivity contribution in [3.8, 4) is 0 Å². The van der Waals surface area contributed by atoms with Gasteiger partial charge in [-0.1, -0.05) is 0 Å². The Kier molecular flexibility index (Phi) is 2.13. The maximum Gasteiger partial charge on any atom is 0.151 e. The highest BCUT2D eigenvalue weighted by Gasteiger charge is 2.05. The molecule has 2 nitrogen and oxygen atoms in total. The molecule has 0 N–H and O–H groups in total. The van der Waals surface area contributed by atoms with E-state index in [4.69, 9.17) is 0 Å². The highest BCUT2D eigenvalue weighted by Crippen LogP contribution is 2.12. The third-order valence-electron chi connectivity index (χ3n) is 2.06. The van der Waals surface area contributed by atoms with Gasteiger partial charge < -0.3 is 4.57 Å². The van der Waals surface area contributed by atoms with E-state index in [1.807, 2.05) is 19.9 Å². The highest BCUT2D eigenvalue weighted by molar-refractivity contribution is 5.77. The molecular weight excluding hydrogens is 138 g/mol. The van der Waals surface area contributed by atoms with Gasteiger partial charge in [0.1, 0.15) is 0 Å². The van der Waals surface area contributed by atoms with Gasteiger partial charge in [-0.3, -0.25) is 4.79 Å². The predicted octanol–water partition coefficient (Wildman–Crippen LogP) is 1.94. The molecule has 0 aromatic carbocycles. The Hall–Kier alpha value is -1.05. The molecule has 0 fully saturated rings. The van der Waals surface area contributed by atoms with Crippen LogP contribution in [0.5, 0.6) is 0 Å². The Morgan fingerprint density at radius 1 is 1.55 bits per heavy atom. The van der Waals surface area contributed by atoms with Crippen LogP contribution in [0, 0.1) is 13.8 Å². The zero-order chi connectivity index (χ0) is 8.43. The van der Waals surface area contributed by atoms with E-state index in [1.165, 1.54) is 0 Å². The number of rotatable bonds is 2. The van der Waals surface area contributed by atoms with Gasteiger partial charge in [0, 0.05) is 23.5 Å². The van der Waals surface area contributed by atoms with Crippen molar-refractivity contribution in [3.05, 3.63) is 23.0 Å². The number of nitrogens with zero attached hydrogens (tertiary/aromatic N) is 1. The van der Waals surface area contributed by atoms with Crippen molar-refractivity contribution in [2.45, 2.75) is 27.3 Å². The van der Waals surface area contributed by atoms with Crippen molar-refractivity contribution in [1.82, 2.24) is 4.57 Å². The van der Waals surface area contributed by atoms with Crippen LogP contribution in [-0.2, 0) is 6.54 Å². The molecule has 0 radical (unpaired) electrons. The van der Waals surface area contributed by atoms with Gasteiger partial charge in [-0.25, -0.2) is 0 Å². The smallest absolute Gasteiger partial charge is 0.151 e. The summed E-state index contributed by atoms with van der Waals surface area (Å²) in [6, 6.07) is 1.92. The standard InChI is InChI=1S/C9H13NO/c1-4-10-7(2)5-9(6-11)8(10)3/h5-6H,4H2,1-3H3. The van der Waals surface area contributed by atoms with Crippen LogP contribution in [0.15, 0.2) is 6.07 Å². The molecule has 0 atom stereocenters. The quantitative estimate of drug-likeness (QED) is 0.592. The number of hydrogen-bond acceptors (Lipinski definition) is 1. The van der Waals surface area contributed by atoms with E-state index in [9.17, 15) is 4.79 Å². The summed E-state index contributed by atoms with van der Waals surface area (Å²) in [5, 5.41) is 0. The molecule has 1 aromatic rings. The van der Waals surface area contributed by atoms with Gasteiger partial charge in [0.2, 0.25) is 0 Å². The van der Waals surface area contributed by atoms with Gasteiger partial charge in [0.15, 0.2) is 6.29 Å². The van der Waals surface area contributed by atoms with Gasteiger partial charge in [-0.15, -0.1) is 0 Å². The minimum Gasteiger partial charge on any atom is -0.349 e. The van der Waals surface area contributed by atoms with Gasteiger partial charge >= 0.3 is 0 Å². The minimum atomic E-state index is 0.810. The van der Waals surface area contributed by atoms with E-state index in [1.54, 1.807) is 0 Å². The van der Waals surface area contributed by atoms with Crippen molar-refractivity contribution in [2.75, 3.05) is 0 Å². The SMILES string of the molecule is CCn1c(C)cc(C=O)c1C. The molecule has 0 aliphatic rings. The number of aromatic nitrogens is 1. The molecular formula is C9H13NO. The lowest BCUT2D eigenvalue weighted by Gasteiger charge is -2.03. The molecule has 0 spiro atoms. The third-order valence-corrected chi connectivity index (χ3v) is 2.06. The van der Waals surface area contributed by atoms with Crippen LogP contribution in [0.2, 0.25) is 0 Å². The summed E-state index contributed by atoms with van der Waals surface area (Å²) < 4.78 is 2.13. The zero-order valence-corrected chi connectivity index (χ0v) is 7.22. The molecule has 0 amide bonds. The number of carbonyl (C=O) groups is 1. The maximum absolute atomic E-state index is 10.5. The second kappa shape index (κ2) is 2.91. The van der Waals surface area contributed by atoms with Crippen molar-refractivity contribution in [3.63, 3.8) is 0 Å². The lowest BCUT2D eigenvalue weighted by Crippen LogP contribution is -1.99. The molecule has 0 saturated heterocycles. The molecule has 1 aromatic heterocycles. The Bertz CT molecular complexity index is 273. The van der Waals surface area contributed by atoms with Crippen LogP contribution in [0.4, 0.5) is 0 Å². The fourth-order valence-electron chi connectivity index (χ4n) is 1.43. The monoisotopic (exact) mass is 151 g/mol. The highest BCUT2D eigenvalue weighted by atomic mass is 16.1. The van der Waals surface area contributed by atoms with Gasteiger partial charge in [-0.2, -0.15) is 0 Å². The number of hydrogen-bond donors (Lipinski definition) is 0. The summed E-state index contributed by atoms with van der Waals surface area (Å²) in [5.41, 5.74) is 3.04. The molecule has 11 heavy (non-hydrogen) atoms. The zero-order valence-electron chi connectivity index (χ0n) is 7.22. The van der Waals surface area contributed by atoms with E-state index in [0.717, 1.165) is 29.8 Å². The van der Waals surface area contributed by atoms with Crippen LogP contribution in [0.1, 0.15) is 28.7 Å². The van der Waals surface area contributed by atoms with Gasteiger partial charge in [0.25, 0.3) is 0 Å². The fourth-order valence-corrected chi connectivity index (χ4v) is 1.43. The first-order chi connectivity index (χ1) is 5.20. The van der Waals surface area contributed by atoms with Crippen LogP contribution in [-0.4, -0.2) is 10.9 Å². The molecule has 1 heterocycles. The van der Waals surface area contributed by atoms with Crippen molar-refractivity contribution in [1.29, 1.82) is 0 Å². The Labute approximate surface area is 66.8 Å². The average molecular weight is 151 g/mol. The van der Waals surface area contributed by atoms with Crippen molar-refractivity contribution in [2.24, 2.45) is 0 Å². The molecule has 0 aliphatic carbocycles. The first kappa shape index (κ1) is 8.05. The molecule has 0 saturated carbocycles. The second-order valence-electron chi connectivity index (χ2n) is 2.69. The van der Waals surface area contributed by atoms with E-state index in [2.05, 4.69) is 11.5 Å². The second-order valence-corrected chi connectivity index (χ2v) is 2.69. The lowest BCUT2D eigenvalue weighted by molar-refractivity contribution is 0.112. The average Bonchev–Trinajstić information content (AvgIpc) is 2.26. The summed E-state index contributed by atoms with van der Waals surface area (Å²) in [6.45, 7) is 7.00. The molecule has 1 rings (SSSR count). The van der Waals surface area contributed by atoms with E-state index < -0.39 is 0 Å². The van der Waals surface area contributed by atoms with E-state index in [-0.39, 0.29) is 0 Å². The summed E-state index contributed by atoms with van der Waals surface area (Å²) >= 11 is 0. The van der Waals surface area contributed by atoms with Crippen molar-refractivity contribution >= 4 is 6.29 Å². The summed E-state index contributed by atoms with van der Waals surface area (Å²) in [5.74, 6) is 0. The molecule has 0 aliphatic heterocycles. The Balaban J connectivity index is 3.24. The molecule has 0 unspecified atom stereocenters. The molecule has 0 bridgehead atoms. The maximum atomic E-state index is 10.5. The summed E-state index contributed by atoms with van der Waals surface area (Å²) in [6.07, 6.45) is 0.911. The topological polar surface area (TPSA) is 22.0 Å². The van der Waals surface area contributed by atoms with Gasteiger partial charge in [-0.05, 0) is 26.8 Å². The van der Waals surface area contributed by atoms with Crippen LogP contribution < -0.4 is 0 Å². The van der Waals surface area contributed by atoms with Crippen molar-refractivity contribution < 1.29 is 4.79 Å². The fraction of sp³-hybridized carbons (Fsp3) is 0.444. The van der Waals surface area contributed by atoms with Crippen LogP contribution in [0.3, 0.4) is 0 Å². The third kappa shape index (κ3) is 1.20. The Morgan fingerprint density at radius 3 is 2.45 bits per heavy atom. The molecule has 2 heteroatoms. The van der Waals surface area contributed by atoms with Crippen LogP contribution >= 0.6 is 0 Å². The Morgan fingerprint density at radius 2 is 2.18 bits per heavy atom. The summed E-state index contributed by atoms with van der Waals surface area (Å²) in [7, 11) is 0. The number of carbonyl (C=O) groups excluding carboxylic acids is 1. The summed E-state index contributed by atoms with van der Waals surface area (Å²) in [4.78, 5) is 10.5. The normalized spacial score (nSPS) is 10.1. The first-order valence-corrected chi connectivity index (χ1v) is 3.82. The first-order valence-electron chi connectivity index (χ1n) is 3.82. The molecule has 60 valence electrons. The number of aryl methyl sites for hydroxylation is 1. The van der Waals surface area contributed by atoms with Gasteiger partial charge in [0.05, 0.1) is 0 Å². The van der Waals surface area contributed by atoms with E-state index >= 15 is 0 Å². The predicted molar refractivity (Wildman–Crippen MR) is 45.0 cm³/mol. The minimum absolute atomic E-state index is 0.810. The largest absolute Gasteiger partial charge is 0.349 e. The number of aldehydes is 1. The van der Waals surface area contributed by atoms with Crippen LogP contribution in [0.25, 0.3) is 0 Å².